The number of hydrogen-bond acceptors (Lipinski definition) is 2. The van der Waals surface area contributed by atoms with Gasteiger partial charge in [0.05, 0.1) is 5.02 Å². The minimum absolute atomic E-state index is 0.0768. The van der Waals surface area contributed by atoms with E-state index in [1.807, 2.05) is 17.2 Å². The number of nitrogens with zero attached hydrogens (tertiary/aromatic N) is 1. The molecule has 0 radical (unpaired) electrons. The predicted molar refractivity (Wildman–Crippen MR) is 78.1 cm³/mol. The summed E-state index contributed by atoms with van der Waals surface area (Å²) in [6.07, 6.45) is 4.19. The van der Waals surface area contributed by atoms with Crippen LogP contribution in [0.3, 0.4) is 0 Å². The summed E-state index contributed by atoms with van der Waals surface area (Å²) >= 11 is 13.5. The fraction of sp³-hybridized carbons (Fsp3) is 0.615. The van der Waals surface area contributed by atoms with Crippen molar-refractivity contribution in [3.8, 4) is 0 Å². The monoisotopic (exact) mass is 305 g/mol. The van der Waals surface area contributed by atoms with Crippen LogP contribution in [0.15, 0.2) is 5.38 Å². The van der Waals surface area contributed by atoms with Crippen LogP contribution in [-0.4, -0.2) is 29.3 Å². The first-order chi connectivity index (χ1) is 8.65. The Balaban J connectivity index is 2.18. The molecule has 2 nitrogen and oxygen atoms in total. The van der Waals surface area contributed by atoms with E-state index in [0.29, 0.717) is 15.8 Å². The fourth-order valence-corrected chi connectivity index (χ4v) is 3.88. The van der Waals surface area contributed by atoms with Crippen LogP contribution in [0.25, 0.3) is 0 Å². The smallest absolute Gasteiger partial charge is 0.265 e. The zero-order valence-corrected chi connectivity index (χ0v) is 12.7. The Labute approximate surface area is 122 Å². The first-order valence-corrected chi connectivity index (χ1v) is 8.05. The topological polar surface area (TPSA) is 20.3 Å². The zero-order valence-electron chi connectivity index (χ0n) is 10.4. The van der Waals surface area contributed by atoms with E-state index in [4.69, 9.17) is 23.2 Å². The van der Waals surface area contributed by atoms with Crippen molar-refractivity contribution in [1.29, 1.82) is 0 Å². The molecule has 2 heterocycles. The average molecular weight is 306 g/mol. The number of piperidine rings is 1. The molecule has 0 saturated carbocycles. The molecule has 0 spiro atoms. The van der Waals surface area contributed by atoms with Gasteiger partial charge < -0.3 is 4.90 Å². The Morgan fingerprint density at radius 3 is 2.94 bits per heavy atom. The maximum absolute atomic E-state index is 12.5. The van der Waals surface area contributed by atoms with E-state index >= 15 is 0 Å². The van der Waals surface area contributed by atoms with Crippen molar-refractivity contribution < 1.29 is 4.79 Å². The molecule has 0 N–H and O–H groups in total. The van der Waals surface area contributed by atoms with Crippen LogP contribution in [0.4, 0.5) is 0 Å². The van der Waals surface area contributed by atoms with E-state index < -0.39 is 0 Å². The van der Waals surface area contributed by atoms with Crippen LogP contribution in [-0.2, 0) is 0 Å². The lowest BCUT2D eigenvalue weighted by Gasteiger charge is -2.35. The summed E-state index contributed by atoms with van der Waals surface area (Å²) in [5.41, 5.74) is 0.982. The van der Waals surface area contributed by atoms with Gasteiger partial charge in [-0.1, -0.05) is 11.6 Å². The van der Waals surface area contributed by atoms with Crippen molar-refractivity contribution in [2.24, 2.45) is 0 Å². The Morgan fingerprint density at radius 2 is 2.33 bits per heavy atom. The zero-order chi connectivity index (χ0) is 13.1. The second-order valence-electron chi connectivity index (χ2n) is 4.69. The van der Waals surface area contributed by atoms with Crippen LogP contribution >= 0.6 is 34.5 Å². The average Bonchev–Trinajstić information content (AvgIpc) is 2.70. The van der Waals surface area contributed by atoms with Gasteiger partial charge in [0, 0.05) is 18.5 Å². The molecule has 1 amide bonds. The van der Waals surface area contributed by atoms with Crippen molar-refractivity contribution in [1.82, 2.24) is 4.90 Å². The second kappa shape index (κ2) is 6.27. The molecule has 1 aromatic rings. The minimum atomic E-state index is 0.0768. The van der Waals surface area contributed by atoms with E-state index in [0.717, 1.165) is 31.4 Å². The van der Waals surface area contributed by atoms with Gasteiger partial charge in [-0.2, -0.15) is 0 Å². The second-order valence-corrected chi connectivity index (χ2v) is 6.32. The maximum atomic E-state index is 12.5. The highest BCUT2D eigenvalue weighted by molar-refractivity contribution is 7.13. The van der Waals surface area contributed by atoms with E-state index in [-0.39, 0.29) is 11.9 Å². The third kappa shape index (κ3) is 2.84. The molecule has 5 heteroatoms. The Bertz CT molecular complexity index is 431. The molecule has 0 aromatic carbocycles. The molecule has 1 atom stereocenters. The van der Waals surface area contributed by atoms with Crippen LogP contribution in [0.1, 0.15) is 40.9 Å². The van der Waals surface area contributed by atoms with Crippen molar-refractivity contribution in [2.45, 2.75) is 38.6 Å². The predicted octanol–water partition coefficient (Wildman–Crippen LogP) is 4.33. The van der Waals surface area contributed by atoms with Gasteiger partial charge in [-0.25, -0.2) is 0 Å². The highest BCUT2D eigenvalue weighted by atomic mass is 35.5. The van der Waals surface area contributed by atoms with Gasteiger partial charge in [0.25, 0.3) is 5.91 Å². The van der Waals surface area contributed by atoms with Gasteiger partial charge in [-0.3, -0.25) is 4.79 Å². The molecule has 1 aliphatic rings. The summed E-state index contributed by atoms with van der Waals surface area (Å²) < 4.78 is 0. The van der Waals surface area contributed by atoms with Crippen LogP contribution < -0.4 is 0 Å². The number of amides is 1. The molecular formula is C13H17Cl2NOS. The normalized spacial score (nSPS) is 20.2. The van der Waals surface area contributed by atoms with Crippen molar-refractivity contribution in [2.75, 3.05) is 12.4 Å². The van der Waals surface area contributed by atoms with Gasteiger partial charge in [-0.05, 0) is 43.6 Å². The molecule has 0 aliphatic carbocycles. The molecule has 1 aromatic heterocycles. The molecule has 0 bridgehead atoms. The molecule has 1 aliphatic heterocycles. The highest BCUT2D eigenvalue weighted by Gasteiger charge is 2.29. The lowest BCUT2D eigenvalue weighted by Crippen LogP contribution is -2.43. The molecular weight excluding hydrogens is 289 g/mol. The summed E-state index contributed by atoms with van der Waals surface area (Å²) in [5, 5.41) is 2.55. The van der Waals surface area contributed by atoms with Crippen LogP contribution in [0.2, 0.25) is 5.02 Å². The number of likely N-dealkylation sites (tertiary alicyclic amines) is 1. The quantitative estimate of drug-likeness (QED) is 0.761. The Morgan fingerprint density at radius 1 is 1.56 bits per heavy atom. The first-order valence-electron chi connectivity index (χ1n) is 6.25. The van der Waals surface area contributed by atoms with Gasteiger partial charge >= 0.3 is 0 Å². The number of thiophene rings is 1. The minimum Gasteiger partial charge on any atom is -0.335 e. The largest absolute Gasteiger partial charge is 0.335 e. The fourth-order valence-electron chi connectivity index (χ4n) is 2.40. The molecule has 1 unspecified atom stereocenters. The lowest BCUT2D eigenvalue weighted by molar-refractivity contribution is 0.0614. The molecule has 18 heavy (non-hydrogen) atoms. The highest BCUT2D eigenvalue weighted by Crippen LogP contribution is 2.31. The number of rotatable bonds is 3. The number of carbonyl (C=O) groups excluding carboxylic acids is 1. The lowest BCUT2D eigenvalue weighted by atomic mass is 10.00. The maximum Gasteiger partial charge on any atom is 0.265 e. The third-order valence-corrected chi connectivity index (χ3v) is 5.33. The number of carbonyl (C=O) groups is 1. The van der Waals surface area contributed by atoms with E-state index in [1.165, 1.54) is 17.8 Å². The van der Waals surface area contributed by atoms with Crippen molar-refractivity contribution in [3.05, 3.63) is 20.8 Å². The molecule has 2 rings (SSSR count). The molecule has 1 fully saturated rings. The summed E-state index contributed by atoms with van der Waals surface area (Å²) in [7, 11) is 0. The summed E-state index contributed by atoms with van der Waals surface area (Å²) in [4.78, 5) is 15.2. The first kappa shape index (κ1) is 14.2. The molecule has 100 valence electrons. The number of halogens is 2. The van der Waals surface area contributed by atoms with E-state index in [1.54, 1.807) is 0 Å². The Hall–Kier alpha value is -0.250. The standard InChI is InChI=1S/C13H17Cl2NOS/c1-9-8-18-12(11(9)15)13(17)16-7-3-2-4-10(16)5-6-14/h8,10H,2-7H2,1H3. The summed E-state index contributed by atoms with van der Waals surface area (Å²) in [6, 6.07) is 0.280. The third-order valence-electron chi connectivity index (χ3n) is 3.42. The Kier molecular flexibility index (Phi) is 4.93. The van der Waals surface area contributed by atoms with E-state index in [2.05, 4.69) is 0 Å². The van der Waals surface area contributed by atoms with Crippen LogP contribution in [0.5, 0.6) is 0 Å². The van der Waals surface area contributed by atoms with Crippen LogP contribution in [0, 0.1) is 6.92 Å². The summed E-state index contributed by atoms with van der Waals surface area (Å²) in [6.45, 7) is 2.76. The van der Waals surface area contributed by atoms with Gasteiger partial charge in [-0.15, -0.1) is 22.9 Å². The van der Waals surface area contributed by atoms with Gasteiger partial charge in [0.1, 0.15) is 4.88 Å². The number of hydrogen-bond donors (Lipinski definition) is 0. The number of alkyl halides is 1. The van der Waals surface area contributed by atoms with Crippen molar-refractivity contribution in [3.63, 3.8) is 0 Å². The van der Waals surface area contributed by atoms with Gasteiger partial charge in [0.15, 0.2) is 0 Å². The molecule has 1 saturated heterocycles. The van der Waals surface area contributed by atoms with Gasteiger partial charge in [0.2, 0.25) is 0 Å². The van der Waals surface area contributed by atoms with Crippen molar-refractivity contribution >= 4 is 40.4 Å². The van der Waals surface area contributed by atoms with E-state index in [9.17, 15) is 4.79 Å². The SMILES string of the molecule is Cc1csc(C(=O)N2CCCCC2CCCl)c1Cl. The number of aryl methyl sites for hydroxylation is 1. The summed E-state index contributed by atoms with van der Waals surface area (Å²) in [5.74, 6) is 0.680.